The molecule has 0 heterocycles. The number of aliphatic imine (C=N–C) groups is 1. The van der Waals surface area contributed by atoms with Gasteiger partial charge in [0.2, 0.25) is 0 Å². The molecule has 0 aromatic carbocycles. The molecule has 9 heteroatoms. The Bertz CT molecular complexity index is 469. The van der Waals surface area contributed by atoms with Gasteiger partial charge in [0.15, 0.2) is 15.8 Å². The zero-order valence-electron chi connectivity index (χ0n) is 14.0. The average molecular weight is 336 g/mol. The van der Waals surface area contributed by atoms with Gasteiger partial charge in [0, 0.05) is 32.4 Å². The zero-order chi connectivity index (χ0) is 17.2. The largest absolute Gasteiger partial charge is 0.444 e. The van der Waals surface area contributed by atoms with E-state index in [4.69, 9.17) is 4.74 Å². The van der Waals surface area contributed by atoms with Gasteiger partial charge in [-0.25, -0.2) is 13.2 Å². The summed E-state index contributed by atoms with van der Waals surface area (Å²) in [6.45, 7) is 8.09. The van der Waals surface area contributed by atoms with Crippen LogP contribution in [0.3, 0.4) is 0 Å². The van der Waals surface area contributed by atoms with Crippen LogP contribution in [0.2, 0.25) is 0 Å². The maximum absolute atomic E-state index is 11.4. The highest BCUT2D eigenvalue weighted by Gasteiger charge is 2.15. The number of sulfone groups is 1. The van der Waals surface area contributed by atoms with Crippen LogP contribution in [0.5, 0.6) is 0 Å². The standard InChI is InChI=1S/C13H28N4O4S/c1-6-22(19,20)10-9-16-11(14-5)15-7-8-17-12(18)21-13(2,3)4/h6-10H2,1-5H3,(H,17,18)(H2,14,15,16). The highest BCUT2D eigenvalue weighted by Crippen LogP contribution is 2.05. The first-order valence-electron chi connectivity index (χ1n) is 7.21. The number of alkyl carbamates (subject to hydrolysis) is 1. The summed E-state index contributed by atoms with van der Waals surface area (Å²) in [4.78, 5) is 15.4. The Kier molecular flexibility index (Phi) is 8.84. The molecule has 8 nitrogen and oxygen atoms in total. The molecular formula is C13H28N4O4S. The molecule has 0 saturated heterocycles. The monoisotopic (exact) mass is 336 g/mol. The predicted octanol–water partition coefficient (Wildman–Crippen LogP) is 0.111. The third-order valence-electron chi connectivity index (χ3n) is 2.45. The lowest BCUT2D eigenvalue weighted by Gasteiger charge is -2.19. The summed E-state index contributed by atoms with van der Waals surface area (Å²) < 4.78 is 27.8. The third kappa shape index (κ3) is 11.2. The summed E-state index contributed by atoms with van der Waals surface area (Å²) in [5.41, 5.74) is -0.528. The van der Waals surface area contributed by atoms with Gasteiger partial charge < -0.3 is 20.7 Å². The zero-order valence-corrected chi connectivity index (χ0v) is 14.8. The topological polar surface area (TPSA) is 109 Å². The van der Waals surface area contributed by atoms with Gasteiger partial charge in [0.1, 0.15) is 5.60 Å². The first kappa shape index (κ1) is 20.5. The fourth-order valence-electron chi connectivity index (χ4n) is 1.35. The van der Waals surface area contributed by atoms with Crippen molar-refractivity contribution < 1.29 is 17.9 Å². The molecule has 0 bridgehead atoms. The summed E-state index contributed by atoms with van der Waals surface area (Å²) in [5.74, 6) is 0.665. The van der Waals surface area contributed by atoms with E-state index in [1.807, 2.05) is 0 Å². The minimum absolute atomic E-state index is 0.0559. The highest BCUT2D eigenvalue weighted by atomic mass is 32.2. The van der Waals surface area contributed by atoms with Gasteiger partial charge in [-0.3, -0.25) is 4.99 Å². The Hall–Kier alpha value is -1.51. The lowest BCUT2D eigenvalue weighted by atomic mass is 10.2. The van der Waals surface area contributed by atoms with Crippen molar-refractivity contribution in [2.24, 2.45) is 4.99 Å². The van der Waals surface area contributed by atoms with Crippen LogP contribution < -0.4 is 16.0 Å². The number of hydrogen-bond donors (Lipinski definition) is 3. The SMILES string of the molecule is CCS(=O)(=O)CCNC(=NC)NCCNC(=O)OC(C)(C)C. The molecule has 3 N–H and O–H groups in total. The molecule has 0 spiro atoms. The lowest BCUT2D eigenvalue weighted by molar-refractivity contribution is 0.0529. The molecule has 0 rings (SSSR count). The molecule has 0 aromatic heterocycles. The predicted molar refractivity (Wildman–Crippen MR) is 87.9 cm³/mol. The number of amides is 1. The molecule has 0 aromatic rings. The molecule has 0 fully saturated rings. The number of carbonyl (C=O) groups is 1. The molecule has 0 radical (unpaired) electrons. The van der Waals surface area contributed by atoms with E-state index in [0.717, 1.165) is 0 Å². The van der Waals surface area contributed by atoms with Gasteiger partial charge in [-0.05, 0) is 20.8 Å². The lowest BCUT2D eigenvalue weighted by Crippen LogP contribution is -2.43. The Balaban J connectivity index is 3.91. The van der Waals surface area contributed by atoms with E-state index in [1.165, 1.54) is 0 Å². The van der Waals surface area contributed by atoms with E-state index in [1.54, 1.807) is 34.7 Å². The Labute approximate surface area is 133 Å². The van der Waals surface area contributed by atoms with Crippen molar-refractivity contribution in [2.45, 2.75) is 33.3 Å². The smallest absolute Gasteiger partial charge is 0.407 e. The second-order valence-corrected chi connectivity index (χ2v) is 8.06. The first-order valence-corrected chi connectivity index (χ1v) is 9.03. The molecule has 0 aliphatic carbocycles. The number of guanidine groups is 1. The molecular weight excluding hydrogens is 308 g/mol. The maximum atomic E-state index is 11.4. The van der Waals surface area contributed by atoms with Crippen LogP contribution in [0.25, 0.3) is 0 Å². The van der Waals surface area contributed by atoms with Crippen LogP contribution in [0.15, 0.2) is 4.99 Å². The maximum Gasteiger partial charge on any atom is 0.407 e. The summed E-state index contributed by atoms with van der Waals surface area (Å²) in [7, 11) is -1.41. The molecule has 0 unspecified atom stereocenters. The van der Waals surface area contributed by atoms with Gasteiger partial charge in [0.05, 0.1) is 5.75 Å². The van der Waals surface area contributed by atoms with Crippen molar-refractivity contribution in [1.29, 1.82) is 0 Å². The van der Waals surface area contributed by atoms with E-state index >= 15 is 0 Å². The van der Waals surface area contributed by atoms with Crippen molar-refractivity contribution in [3.05, 3.63) is 0 Å². The molecule has 0 atom stereocenters. The number of hydrogen-bond acceptors (Lipinski definition) is 5. The second-order valence-electron chi connectivity index (χ2n) is 5.59. The quantitative estimate of drug-likeness (QED) is 0.346. The van der Waals surface area contributed by atoms with Gasteiger partial charge in [0.25, 0.3) is 0 Å². The fraction of sp³-hybridized carbons (Fsp3) is 0.846. The van der Waals surface area contributed by atoms with E-state index in [0.29, 0.717) is 19.0 Å². The van der Waals surface area contributed by atoms with Crippen molar-refractivity contribution in [2.75, 3.05) is 38.2 Å². The summed E-state index contributed by atoms with van der Waals surface area (Å²) in [6, 6.07) is 0. The minimum Gasteiger partial charge on any atom is -0.444 e. The van der Waals surface area contributed by atoms with Crippen molar-refractivity contribution in [1.82, 2.24) is 16.0 Å². The van der Waals surface area contributed by atoms with Crippen molar-refractivity contribution in [3.8, 4) is 0 Å². The normalized spacial score (nSPS) is 12.7. The number of nitrogens with zero attached hydrogens (tertiary/aromatic N) is 1. The van der Waals surface area contributed by atoms with E-state index in [2.05, 4.69) is 20.9 Å². The molecule has 0 saturated carbocycles. The first-order chi connectivity index (χ1) is 10.1. The van der Waals surface area contributed by atoms with Crippen LogP contribution in [-0.4, -0.2) is 64.3 Å². The van der Waals surface area contributed by atoms with Crippen LogP contribution in [0.1, 0.15) is 27.7 Å². The van der Waals surface area contributed by atoms with Crippen LogP contribution in [0, 0.1) is 0 Å². The van der Waals surface area contributed by atoms with E-state index < -0.39 is 21.5 Å². The van der Waals surface area contributed by atoms with Gasteiger partial charge in [-0.15, -0.1) is 0 Å². The van der Waals surface area contributed by atoms with Crippen molar-refractivity contribution in [3.63, 3.8) is 0 Å². The number of rotatable bonds is 7. The minimum atomic E-state index is -3.00. The average Bonchev–Trinajstić information content (AvgIpc) is 2.39. The van der Waals surface area contributed by atoms with Gasteiger partial charge in [-0.1, -0.05) is 6.92 Å². The van der Waals surface area contributed by atoms with E-state index in [9.17, 15) is 13.2 Å². The molecule has 0 aliphatic heterocycles. The Morgan fingerprint density at radius 1 is 1.09 bits per heavy atom. The molecule has 130 valence electrons. The summed E-state index contributed by atoms with van der Waals surface area (Å²) >= 11 is 0. The Morgan fingerprint density at radius 3 is 2.14 bits per heavy atom. The summed E-state index contributed by atoms with van der Waals surface area (Å²) in [6.07, 6.45) is -0.480. The van der Waals surface area contributed by atoms with Crippen molar-refractivity contribution >= 4 is 21.9 Å². The summed E-state index contributed by atoms with van der Waals surface area (Å²) in [5, 5.41) is 8.47. The molecule has 1 amide bonds. The van der Waals surface area contributed by atoms with E-state index in [-0.39, 0.29) is 18.1 Å². The third-order valence-corrected chi connectivity index (χ3v) is 4.16. The molecule has 22 heavy (non-hydrogen) atoms. The number of ether oxygens (including phenoxy) is 1. The number of carbonyl (C=O) groups excluding carboxylic acids is 1. The highest BCUT2D eigenvalue weighted by molar-refractivity contribution is 7.91. The number of nitrogens with one attached hydrogen (secondary N) is 3. The second kappa shape index (κ2) is 9.50. The van der Waals surface area contributed by atoms with Crippen LogP contribution in [-0.2, 0) is 14.6 Å². The van der Waals surface area contributed by atoms with Gasteiger partial charge in [-0.2, -0.15) is 0 Å². The van der Waals surface area contributed by atoms with Crippen LogP contribution in [0.4, 0.5) is 4.79 Å². The van der Waals surface area contributed by atoms with Gasteiger partial charge >= 0.3 is 6.09 Å². The Morgan fingerprint density at radius 2 is 1.64 bits per heavy atom. The molecule has 0 aliphatic rings. The fourth-order valence-corrected chi connectivity index (χ4v) is 2.05. The van der Waals surface area contributed by atoms with Crippen LogP contribution >= 0.6 is 0 Å².